The molecule has 2 aromatic rings. The summed E-state index contributed by atoms with van der Waals surface area (Å²) in [5.41, 5.74) is 3.62. The third kappa shape index (κ3) is 2.52. The number of ketones is 1. The molecule has 0 radical (unpaired) electrons. The van der Waals surface area contributed by atoms with Crippen LogP contribution in [0.15, 0.2) is 42.5 Å². The summed E-state index contributed by atoms with van der Waals surface area (Å²) in [4.78, 5) is 40.2. The Labute approximate surface area is 145 Å². The van der Waals surface area contributed by atoms with Crippen LogP contribution in [0.1, 0.15) is 33.2 Å². The minimum absolute atomic E-state index is 0.0263. The van der Waals surface area contributed by atoms with E-state index in [-0.39, 0.29) is 17.6 Å². The van der Waals surface area contributed by atoms with E-state index in [0.717, 1.165) is 11.1 Å². The van der Waals surface area contributed by atoms with E-state index in [1.807, 2.05) is 30.3 Å². The van der Waals surface area contributed by atoms with E-state index in [0.29, 0.717) is 42.9 Å². The average molecular weight is 334 g/mol. The summed E-state index contributed by atoms with van der Waals surface area (Å²) in [5.74, 6) is -0.0793. The number of rotatable bonds is 1. The van der Waals surface area contributed by atoms with Gasteiger partial charge in [0.15, 0.2) is 5.78 Å². The Morgan fingerprint density at radius 3 is 2.08 bits per heavy atom. The zero-order chi connectivity index (χ0) is 17.6. The van der Waals surface area contributed by atoms with Crippen LogP contribution in [0.25, 0.3) is 11.1 Å². The first kappa shape index (κ1) is 15.6. The molecular formula is C20H18N2O3. The molecule has 5 heteroatoms. The summed E-state index contributed by atoms with van der Waals surface area (Å²) < 4.78 is 0. The van der Waals surface area contributed by atoms with Crippen molar-refractivity contribution in [3.05, 3.63) is 59.2 Å². The van der Waals surface area contributed by atoms with Crippen LogP contribution < -0.4 is 0 Å². The lowest BCUT2D eigenvalue weighted by Gasteiger charge is -2.34. The van der Waals surface area contributed by atoms with Gasteiger partial charge in [0.2, 0.25) is 5.91 Å². The normalized spacial score (nSPS) is 15.8. The number of amides is 2. The SMILES string of the molecule is CC(=O)N1CCN(C(=O)c2ccc3c(c2)C(=O)c2ccccc2-3)CC1. The molecule has 5 nitrogen and oxygen atoms in total. The smallest absolute Gasteiger partial charge is 0.253 e. The van der Waals surface area contributed by atoms with Crippen molar-refractivity contribution < 1.29 is 14.4 Å². The number of nitrogens with zero attached hydrogens (tertiary/aromatic N) is 2. The fraction of sp³-hybridized carbons (Fsp3) is 0.250. The summed E-state index contributed by atoms with van der Waals surface area (Å²) >= 11 is 0. The predicted molar refractivity (Wildman–Crippen MR) is 93.5 cm³/mol. The van der Waals surface area contributed by atoms with E-state index in [4.69, 9.17) is 0 Å². The lowest BCUT2D eigenvalue weighted by Crippen LogP contribution is -2.50. The van der Waals surface area contributed by atoms with E-state index >= 15 is 0 Å². The van der Waals surface area contributed by atoms with E-state index in [9.17, 15) is 14.4 Å². The molecule has 4 rings (SSSR count). The second kappa shape index (κ2) is 5.84. The number of hydrogen-bond donors (Lipinski definition) is 0. The molecule has 1 heterocycles. The van der Waals surface area contributed by atoms with Gasteiger partial charge in [0.25, 0.3) is 5.91 Å². The van der Waals surface area contributed by atoms with Gasteiger partial charge in [0, 0.05) is 49.8 Å². The molecule has 1 aliphatic carbocycles. The third-order valence-corrected chi connectivity index (χ3v) is 4.99. The predicted octanol–water partition coefficient (Wildman–Crippen LogP) is 2.20. The van der Waals surface area contributed by atoms with E-state index in [1.54, 1.807) is 28.9 Å². The van der Waals surface area contributed by atoms with Gasteiger partial charge in [-0.1, -0.05) is 30.3 Å². The van der Waals surface area contributed by atoms with E-state index < -0.39 is 0 Å². The molecule has 0 atom stereocenters. The van der Waals surface area contributed by atoms with Gasteiger partial charge < -0.3 is 9.80 Å². The first-order chi connectivity index (χ1) is 12.1. The first-order valence-corrected chi connectivity index (χ1v) is 8.39. The molecule has 25 heavy (non-hydrogen) atoms. The Balaban J connectivity index is 1.59. The van der Waals surface area contributed by atoms with Crippen molar-refractivity contribution in [3.63, 3.8) is 0 Å². The van der Waals surface area contributed by atoms with Crippen molar-refractivity contribution in [2.24, 2.45) is 0 Å². The highest BCUT2D eigenvalue weighted by Crippen LogP contribution is 2.36. The second-order valence-corrected chi connectivity index (χ2v) is 6.43. The highest BCUT2D eigenvalue weighted by Gasteiger charge is 2.29. The minimum Gasteiger partial charge on any atom is -0.339 e. The topological polar surface area (TPSA) is 57.7 Å². The number of carbonyl (C=O) groups is 3. The van der Waals surface area contributed by atoms with Gasteiger partial charge in [-0.05, 0) is 23.3 Å². The summed E-state index contributed by atoms with van der Waals surface area (Å²) in [6, 6.07) is 12.9. The van der Waals surface area contributed by atoms with Crippen LogP contribution in [0.5, 0.6) is 0 Å². The molecule has 1 fully saturated rings. The number of piperazine rings is 1. The van der Waals surface area contributed by atoms with Gasteiger partial charge in [-0.3, -0.25) is 14.4 Å². The number of carbonyl (C=O) groups excluding carboxylic acids is 3. The van der Waals surface area contributed by atoms with Gasteiger partial charge in [-0.25, -0.2) is 0 Å². The van der Waals surface area contributed by atoms with Gasteiger partial charge in [0.05, 0.1) is 0 Å². The maximum atomic E-state index is 12.8. The molecule has 0 aromatic heterocycles. The Morgan fingerprint density at radius 2 is 1.40 bits per heavy atom. The van der Waals surface area contributed by atoms with Crippen LogP contribution >= 0.6 is 0 Å². The second-order valence-electron chi connectivity index (χ2n) is 6.43. The summed E-state index contributed by atoms with van der Waals surface area (Å²) in [5, 5.41) is 0. The summed E-state index contributed by atoms with van der Waals surface area (Å²) in [6.45, 7) is 3.68. The van der Waals surface area contributed by atoms with Gasteiger partial charge in [0.1, 0.15) is 0 Å². The van der Waals surface area contributed by atoms with Crippen LogP contribution in [0, 0.1) is 0 Å². The number of fused-ring (bicyclic) bond motifs is 3. The molecule has 0 bridgehead atoms. The van der Waals surface area contributed by atoms with Crippen LogP contribution in [-0.4, -0.2) is 53.6 Å². The quantitative estimate of drug-likeness (QED) is 0.685. The molecule has 1 saturated heterocycles. The van der Waals surface area contributed by atoms with Gasteiger partial charge in [-0.15, -0.1) is 0 Å². The molecular weight excluding hydrogens is 316 g/mol. The highest BCUT2D eigenvalue weighted by molar-refractivity contribution is 6.22. The zero-order valence-electron chi connectivity index (χ0n) is 14.0. The monoisotopic (exact) mass is 334 g/mol. The van der Waals surface area contributed by atoms with Crippen molar-refractivity contribution in [1.82, 2.24) is 9.80 Å². The Kier molecular flexibility index (Phi) is 3.64. The van der Waals surface area contributed by atoms with Crippen LogP contribution in [0.2, 0.25) is 0 Å². The Bertz CT molecular complexity index is 896. The van der Waals surface area contributed by atoms with Crippen molar-refractivity contribution in [1.29, 1.82) is 0 Å². The maximum Gasteiger partial charge on any atom is 0.253 e. The average Bonchev–Trinajstić information content (AvgIpc) is 2.94. The molecule has 2 aliphatic rings. The molecule has 0 spiro atoms. The third-order valence-electron chi connectivity index (χ3n) is 4.99. The standard InChI is InChI=1S/C20H18N2O3/c1-13(23)21-8-10-22(11-9-21)20(25)14-6-7-16-15-4-2-3-5-17(15)19(24)18(16)12-14/h2-7,12H,8-11H2,1H3. The number of hydrogen-bond acceptors (Lipinski definition) is 3. The molecule has 2 aromatic carbocycles. The van der Waals surface area contributed by atoms with Gasteiger partial charge in [-0.2, -0.15) is 0 Å². The van der Waals surface area contributed by atoms with E-state index in [1.165, 1.54) is 0 Å². The molecule has 126 valence electrons. The Morgan fingerprint density at radius 1 is 0.800 bits per heavy atom. The van der Waals surface area contributed by atoms with Crippen molar-refractivity contribution >= 4 is 17.6 Å². The lowest BCUT2D eigenvalue weighted by atomic mass is 10.0. The summed E-state index contributed by atoms with van der Waals surface area (Å²) in [7, 11) is 0. The largest absolute Gasteiger partial charge is 0.339 e. The molecule has 2 amide bonds. The fourth-order valence-electron chi connectivity index (χ4n) is 3.57. The molecule has 0 saturated carbocycles. The van der Waals surface area contributed by atoms with Crippen molar-refractivity contribution in [2.75, 3.05) is 26.2 Å². The molecule has 0 unspecified atom stereocenters. The van der Waals surface area contributed by atoms with Crippen molar-refractivity contribution in [3.8, 4) is 11.1 Å². The molecule has 0 N–H and O–H groups in total. The minimum atomic E-state index is -0.0882. The highest BCUT2D eigenvalue weighted by atomic mass is 16.2. The van der Waals surface area contributed by atoms with Crippen molar-refractivity contribution in [2.45, 2.75) is 6.92 Å². The Hall–Kier alpha value is -2.95. The molecule has 1 aliphatic heterocycles. The summed E-state index contributed by atoms with van der Waals surface area (Å²) in [6.07, 6.45) is 0. The van der Waals surface area contributed by atoms with Crippen LogP contribution in [0.3, 0.4) is 0 Å². The van der Waals surface area contributed by atoms with E-state index in [2.05, 4.69) is 0 Å². The van der Waals surface area contributed by atoms with Gasteiger partial charge >= 0.3 is 0 Å². The van der Waals surface area contributed by atoms with Crippen LogP contribution in [0.4, 0.5) is 0 Å². The fourth-order valence-corrected chi connectivity index (χ4v) is 3.57. The lowest BCUT2D eigenvalue weighted by molar-refractivity contribution is -0.130. The van der Waals surface area contributed by atoms with Crippen LogP contribution in [-0.2, 0) is 4.79 Å². The number of benzene rings is 2. The zero-order valence-corrected chi connectivity index (χ0v) is 14.0. The first-order valence-electron chi connectivity index (χ1n) is 8.39. The maximum absolute atomic E-state index is 12.8.